The van der Waals surface area contributed by atoms with E-state index >= 15 is 0 Å². The second kappa shape index (κ2) is 6.47. The van der Waals surface area contributed by atoms with E-state index < -0.39 is 0 Å². The van der Waals surface area contributed by atoms with Gasteiger partial charge in [-0.25, -0.2) is 0 Å². The van der Waals surface area contributed by atoms with Gasteiger partial charge in [0.1, 0.15) is 0 Å². The third kappa shape index (κ3) is 3.15. The normalized spacial score (nSPS) is 13.5. The van der Waals surface area contributed by atoms with E-state index in [-0.39, 0.29) is 0 Å². The van der Waals surface area contributed by atoms with E-state index in [4.69, 9.17) is 23.2 Å². The summed E-state index contributed by atoms with van der Waals surface area (Å²) in [5.41, 5.74) is 4.75. The monoisotopic (exact) mass is 384 g/mol. The van der Waals surface area contributed by atoms with Crippen LogP contribution >= 0.6 is 39.1 Å². The second-order valence-electron chi connectivity index (χ2n) is 5.06. The van der Waals surface area contributed by atoms with Gasteiger partial charge in [-0.05, 0) is 52.0 Å². The van der Waals surface area contributed by atoms with Gasteiger partial charge < -0.3 is 10.6 Å². The molecule has 1 heterocycles. The summed E-state index contributed by atoms with van der Waals surface area (Å²) in [6.45, 7) is 1.75. The maximum Gasteiger partial charge on any atom is 0.0835 e. The summed E-state index contributed by atoms with van der Waals surface area (Å²) in [5.74, 6) is 0. The van der Waals surface area contributed by atoms with Gasteiger partial charge in [0.15, 0.2) is 0 Å². The number of nitrogens with one attached hydrogen (secondary N) is 2. The molecule has 3 rings (SSSR count). The number of hydrogen-bond acceptors (Lipinski definition) is 2. The maximum absolute atomic E-state index is 6.27. The Kier molecular flexibility index (Phi) is 4.63. The van der Waals surface area contributed by atoms with Crippen molar-refractivity contribution in [3.63, 3.8) is 0 Å². The molecule has 0 unspecified atom stereocenters. The predicted octanol–water partition coefficient (Wildman–Crippen LogP) is 5.73. The van der Waals surface area contributed by atoms with Crippen LogP contribution < -0.4 is 10.6 Å². The van der Waals surface area contributed by atoms with Crippen LogP contribution in [-0.2, 0) is 13.0 Å². The first-order valence-electron chi connectivity index (χ1n) is 6.89. The molecule has 21 heavy (non-hydrogen) atoms. The summed E-state index contributed by atoms with van der Waals surface area (Å²) in [5, 5.41) is 7.95. The van der Waals surface area contributed by atoms with E-state index in [2.05, 4.69) is 44.8 Å². The zero-order valence-electron chi connectivity index (χ0n) is 11.3. The van der Waals surface area contributed by atoms with Gasteiger partial charge >= 0.3 is 0 Å². The Hall–Kier alpha value is -0.900. The quantitative estimate of drug-likeness (QED) is 0.659. The van der Waals surface area contributed by atoms with Gasteiger partial charge in [-0.2, -0.15) is 0 Å². The standard InChI is InChI=1S/C16H15BrCl2N2/c17-12-6-7-13(15(19)14(12)18)21-9-11-4-1-3-10-5-2-8-20-16(10)11/h1,3-4,6-7,20-21H,2,5,8-9H2. The molecular formula is C16H15BrCl2N2. The number of halogens is 3. The summed E-state index contributed by atoms with van der Waals surface area (Å²) in [7, 11) is 0. The molecule has 5 heteroatoms. The first kappa shape index (κ1) is 15.0. The molecule has 0 bridgehead atoms. The molecule has 0 saturated heterocycles. The summed E-state index contributed by atoms with van der Waals surface area (Å²) in [4.78, 5) is 0. The van der Waals surface area contributed by atoms with Crippen LogP contribution in [0.5, 0.6) is 0 Å². The van der Waals surface area contributed by atoms with Crippen molar-refractivity contribution in [3.05, 3.63) is 56.0 Å². The lowest BCUT2D eigenvalue weighted by molar-refractivity contribution is 0.825. The number of aryl methyl sites for hydroxylation is 1. The fourth-order valence-electron chi connectivity index (χ4n) is 2.58. The second-order valence-corrected chi connectivity index (χ2v) is 6.67. The maximum atomic E-state index is 6.27. The van der Waals surface area contributed by atoms with Gasteiger partial charge in [0.05, 0.1) is 15.7 Å². The highest BCUT2D eigenvalue weighted by atomic mass is 79.9. The molecule has 0 spiro atoms. The Labute approximate surface area is 143 Å². The molecule has 0 aromatic heterocycles. The van der Waals surface area contributed by atoms with E-state index in [0.717, 1.165) is 23.1 Å². The molecule has 0 radical (unpaired) electrons. The summed E-state index contributed by atoms with van der Waals surface area (Å²) >= 11 is 15.8. The van der Waals surface area contributed by atoms with Gasteiger partial charge in [-0.1, -0.05) is 41.4 Å². The van der Waals surface area contributed by atoms with E-state index in [1.165, 1.54) is 23.2 Å². The molecule has 1 aliphatic rings. The fraction of sp³-hybridized carbons (Fsp3) is 0.250. The molecule has 2 aromatic rings. The highest BCUT2D eigenvalue weighted by Crippen LogP contribution is 2.36. The average Bonchev–Trinajstić information content (AvgIpc) is 2.52. The third-order valence-electron chi connectivity index (χ3n) is 3.67. The molecule has 0 aliphatic carbocycles. The number of rotatable bonds is 3. The van der Waals surface area contributed by atoms with Crippen molar-refractivity contribution in [2.45, 2.75) is 19.4 Å². The van der Waals surface area contributed by atoms with Crippen LogP contribution in [0, 0.1) is 0 Å². The largest absolute Gasteiger partial charge is 0.385 e. The lowest BCUT2D eigenvalue weighted by Crippen LogP contribution is -2.15. The average molecular weight is 386 g/mol. The molecule has 2 N–H and O–H groups in total. The van der Waals surface area contributed by atoms with Crippen molar-refractivity contribution < 1.29 is 0 Å². The van der Waals surface area contributed by atoms with E-state index in [1.807, 2.05) is 12.1 Å². The molecule has 1 aliphatic heterocycles. The number of anilines is 2. The van der Waals surface area contributed by atoms with Gasteiger partial charge in [0.2, 0.25) is 0 Å². The van der Waals surface area contributed by atoms with Crippen molar-refractivity contribution in [1.29, 1.82) is 0 Å². The van der Waals surface area contributed by atoms with Crippen molar-refractivity contribution in [2.75, 3.05) is 17.2 Å². The topological polar surface area (TPSA) is 24.1 Å². The summed E-state index contributed by atoms with van der Waals surface area (Å²) in [6.07, 6.45) is 2.33. The van der Waals surface area contributed by atoms with Crippen LogP contribution in [0.3, 0.4) is 0 Å². The third-order valence-corrected chi connectivity index (χ3v) is 5.44. The Morgan fingerprint density at radius 2 is 2.00 bits per heavy atom. The van der Waals surface area contributed by atoms with Crippen LogP contribution in [-0.4, -0.2) is 6.54 Å². The van der Waals surface area contributed by atoms with Crippen molar-refractivity contribution in [1.82, 2.24) is 0 Å². The molecule has 0 atom stereocenters. The Bertz CT molecular complexity index is 674. The van der Waals surface area contributed by atoms with E-state index in [9.17, 15) is 0 Å². The van der Waals surface area contributed by atoms with Gasteiger partial charge in [-0.15, -0.1) is 0 Å². The Morgan fingerprint density at radius 3 is 2.86 bits per heavy atom. The number of para-hydroxylation sites is 1. The molecule has 2 aromatic carbocycles. The van der Waals surface area contributed by atoms with Crippen molar-refractivity contribution >= 4 is 50.5 Å². The lowest BCUT2D eigenvalue weighted by atomic mass is 9.99. The van der Waals surface area contributed by atoms with Crippen molar-refractivity contribution in [2.24, 2.45) is 0 Å². The number of hydrogen-bond donors (Lipinski definition) is 2. The first-order valence-corrected chi connectivity index (χ1v) is 8.43. The smallest absolute Gasteiger partial charge is 0.0835 e. The number of fused-ring (bicyclic) bond motifs is 1. The molecule has 0 fully saturated rings. The molecule has 0 saturated carbocycles. The Balaban J connectivity index is 1.81. The highest BCUT2D eigenvalue weighted by molar-refractivity contribution is 9.10. The van der Waals surface area contributed by atoms with Crippen LogP contribution in [0.15, 0.2) is 34.8 Å². The van der Waals surface area contributed by atoms with Crippen LogP contribution in [0.4, 0.5) is 11.4 Å². The van der Waals surface area contributed by atoms with Gasteiger partial charge in [0, 0.05) is 23.2 Å². The molecule has 110 valence electrons. The summed E-state index contributed by atoms with van der Waals surface area (Å²) < 4.78 is 0.804. The molecule has 0 amide bonds. The predicted molar refractivity (Wildman–Crippen MR) is 94.7 cm³/mol. The minimum absolute atomic E-state index is 0.537. The van der Waals surface area contributed by atoms with E-state index in [0.29, 0.717) is 16.6 Å². The molecular weight excluding hydrogens is 371 g/mol. The highest BCUT2D eigenvalue weighted by Gasteiger charge is 2.13. The SMILES string of the molecule is Clc1c(Br)ccc(NCc2cccc3c2NCCC3)c1Cl. The zero-order valence-corrected chi connectivity index (χ0v) is 14.4. The number of benzene rings is 2. The van der Waals surface area contributed by atoms with Crippen LogP contribution in [0.2, 0.25) is 10.0 Å². The van der Waals surface area contributed by atoms with Crippen LogP contribution in [0.25, 0.3) is 0 Å². The van der Waals surface area contributed by atoms with Gasteiger partial charge in [0.25, 0.3) is 0 Å². The first-order chi connectivity index (χ1) is 10.2. The zero-order chi connectivity index (χ0) is 14.8. The fourth-order valence-corrected chi connectivity index (χ4v) is 3.42. The Morgan fingerprint density at radius 1 is 1.14 bits per heavy atom. The lowest BCUT2D eigenvalue weighted by Gasteiger charge is -2.22. The van der Waals surface area contributed by atoms with Gasteiger partial charge in [-0.3, -0.25) is 0 Å². The molecule has 2 nitrogen and oxygen atoms in total. The minimum Gasteiger partial charge on any atom is -0.385 e. The van der Waals surface area contributed by atoms with E-state index in [1.54, 1.807) is 0 Å². The minimum atomic E-state index is 0.537. The van der Waals surface area contributed by atoms with Crippen LogP contribution in [0.1, 0.15) is 17.5 Å². The summed E-state index contributed by atoms with van der Waals surface area (Å²) in [6, 6.07) is 10.3. The van der Waals surface area contributed by atoms with Crippen molar-refractivity contribution in [3.8, 4) is 0 Å².